The van der Waals surface area contributed by atoms with Gasteiger partial charge in [-0.05, 0) is 42.1 Å². The highest BCUT2D eigenvalue weighted by Gasteiger charge is 2.37. The van der Waals surface area contributed by atoms with Crippen molar-refractivity contribution in [3.8, 4) is 0 Å². The molecule has 2 aromatic rings. The van der Waals surface area contributed by atoms with E-state index in [1.807, 2.05) is 94.1 Å². The number of rotatable bonds is 4. The molecule has 9 heteroatoms. The molecular formula is C26H22S9. The van der Waals surface area contributed by atoms with Gasteiger partial charge in [-0.3, -0.25) is 0 Å². The van der Waals surface area contributed by atoms with Gasteiger partial charge >= 0.3 is 0 Å². The van der Waals surface area contributed by atoms with Crippen molar-refractivity contribution < 1.29 is 0 Å². The van der Waals surface area contributed by atoms with Crippen LogP contribution in [-0.2, 0) is 0 Å². The van der Waals surface area contributed by atoms with Crippen LogP contribution in [0.2, 0.25) is 0 Å². The first-order chi connectivity index (χ1) is 17.2. The second-order valence-corrected chi connectivity index (χ2v) is 19.0. The lowest BCUT2D eigenvalue weighted by Crippen LogP contribution is -2.10. The zero-order valence-corrected chi connectivity index (χ0v) is 26.4. The standard InChI is InChI=1S/C26H22S9/c1-27-21-22(28-2)33-25(32-21)26-34-23-24(35-26)31-20(30-23)17-13-18(15-9-5-3-6-10-15)29-19(14-17)16-11-7-4-8-12-16/h3-12,18-19H,13-14H2,1-2H3. The van der Waals surface area contributed by atoms with Crippen LogP contribution in [0.1, 0.15) is 34.5 Å². The molecule has 6 rings (SSSR count). The van der Waals surface area contributed by atoms with Gasteiger partial charge in [0.1, 0.15) is 0 Å². The Morgan fingerprint density at radius 1 is 0.543 bits per heavy atom. The summed E-state index contributed by atoms with van der Waals surface area (Å²) in [5.74, 6) is 0. The van der Waals surface area contributed by atoms with Gasteiger partial charge in [-0.1, -0.05) is 131 Å². The Balaban J connectivity index is 1.22. The highest BCUT2D eigenvalue weighted by molar-refractivity contribution is 8.49. The SMILES string of the molecule is CSC1=C(SC)SC(=C2SC3=C(SC(=C4CC(c5ccccc5)SC(c5ccccc5)C4)S3)S2)S1. The van der Waals surface area contributed by atoms with Crippen molar-refractivity contribution in [2.75, 3.05) is 12.5 Å². The van der Waals surface area contributed by atoms with Gasteiger partial charge in [0, 0.05) is 10.5 Å². The van der Waals surface area contributed by atoms with Crippen LogP contribution in [-0.4, -0.2) is 12.5 Å². The van der Waals surface area contributed by atoms with Gasteiger partial charge in [-0.25, -0.2) is 0 Å². The highest BCUT2D eigenvalue weighted by Crippen LogP contribution is 2.71. The Labute approximate surface area is 246 Å². The fourth-order valence-corrected chi connectivity index (χ4v) is 17.5. The summed E-state index contributed by atoms with van der Waals surface area (Å²) < 4.78 is 10.4. The maximum atomic E-state index is 2.31. The van der Waals surface area contributed by atoms with Gasteiger partial charge in [-0.2, -0.15) is 0 Å². The topological polar surface area (TPSA) is 0 Å². The van der Waals surface area contributed by atoms with Crippen LogP contribution in [0.4, 0.5) is 0 Å². The minimum atomic E-state index is 0.513. The molecule has 35 heavy (non-hydrogen) atoms. The van der Waals surface area contributed by atoms with E-state index in [9.17, 15) is 0 Å². The summed E-state index contributed by atoms with van der Waals surface area (Å²) in [6.45, 7) is 0. The van der Waals surface area contributed by atoms with E-state index in [1.165, 1.54) is 36.5 Å². The maximum absolute atomic E-state index is 2.31. The summed E-state index contributed by atoms with van der Waals surface area (Å²) in [6, 6.07) is 22.2. The van der Waals surface area contributed by atoms with Crippen molar-refractivity contribution in [2.24, 2.45) is 0 Å². The molecule has 4 aliphatic rings. The van der Waals surface area contributed by atoms with E-state index in [2.05, 4.69) is 84.9 Å². The maximum Gasteiger partial charge on any atom is 0.0718 e. The molecule has 2 unspecified atom stereocenters. The van der Waals surface area contributed by atoms with Crippen molar-refractivity contribution in [1.29, 1.82) is 0 Å². The fourth-order valence-electron chi connectivity index (χ4n) is 4.14. The summed E-state index contributed by atoms with van der Waals surface area (Å²) in [4.78, 5) is 0. The highest BCUT2D eigenvalue weighted by atomic mass is 32.3. The van der Waals surface area contributed by atoms with Crippen molar-refractivity contribution in [1.82, 2.24) is 0 Å². The molecule has 4 aliphatic heterocycles. The molecule has 0 aliphatic carbocycles. The Kier molecular flexibility index (Phi) is 8.66. The van der Waals surface area contributed by atoms with Crippen molar-refractivity contribution >= 4 is 106 Å². The van der Waals surface area contributed by atoms with Crippen LogP contribution in [0.25, 0.3) is 0 Å². The number of allylic oxidation sites excluding steroid dienone is 1. The molecule has 1 fully saturated rings. The fraction of sp³-hybridized carbons (Fsp3) is 0.231. The molecule has 0 radical (unpaired) electrons. The van der Waals surface area contributed by atoms with Crippen LogP contribution >= 0.6 is 106 Å². The molecule has 1 saturated heterocycles. The van der Waals surface area contributed by atoms with E-state index < -0.39 is 0 Å². The molecule has 0 amide bonds. The zero-order chi connectivity index (χ0) is 23.8. The Bertz CT molecular complexity index is 1150. The molecule has 2 atom stereocenters. The van der Waals surface area contributed by atoms with E-state index in [1.54, 1.807) is 9.81 Å². The van der Waals surface area contributed by atoms with Crippen LogP contribution < -0.4 is 0 Å². The van der Waals surface area contributed by atoms with Gasteiger partial charge < -0.3 is 0 Å². The smallest absolute Gasteiger partial charge is 0.0718 e. The predicted octanol–water partition coefficient (Wildman–Crippen LogP) is 11.8. The predicted molar refractivity (Wildman–Crippen MR) is 176 cm³/mol. The van der Waals surface area contributed by atoms with Crippen LogP contribution in [0, 0.1) is 0 Å². The lowest BCUT2D eigenvalue weighted by Gasteiger charge is -2.32. The molecule has 2 aromatic carbocycles. The van der Waals surface area contributed by atoms with E-state index >= 15 is 0 Å². The first-order valence-corrected chi connectivity index (χ1v) is 19.4. The quantitative estimate of drug-likeness (QED) is 0.324. The molecule has 0 spiro atoms. The van der Waals surface area contributed by atoms with Gasteiger partial charge in [0.25, 0.3) is 0 Å². The Hall–Kier alpha value is 0.550. The lowest BCUT2D eigenvalue weighted by atomic mass is 9.98. The van der Waals surface area contributed by atoms with Gasteiger partial charge in [-0.15, -0.1) is 35.3 Å². The summed E-state index contributed by atoms with van der Waals surface area (Å²) in [6.07, 6.45) is 6.69. The zero-order valence-electron chi connectivity index (χ0n) is 19.0. The number of benzene rings is 2. The number of hydrogen-bond acceptors (Lipinski definition) is 9. The summed E-state index contributed by atoms with van der Waals surface area (Å²) in [5.41, 5.74) is 4.56. The average molecular weight is 623 g/mol. The number of hydrogen-bond donors (Lipinski definition) is 0. The van der Waals surface area contributed by atoms with E-state index in [4.69, 9.17) is 0 Å². The lowest BCUT2D eigenvalue weighted by molar-refractivity contribution is 0.769. The summed E-state index contributed by atoms with van der Waals surface area (Å²) in [5, 5.41) is 1.03. The van der Waals surface area contributed by atoms with Crippen LogP contribution in [0.5, 0.6) is 0 Å². The van der Waals surface area contributed by atoms with Crippen LogP contribution in [0.15, 0.2) is 95.9 Å². The third-order valence-corrected chi connectivity index (χ3v) is 18.9. The average Bonchev–Trinajstić information content (AvgIpc) is 3.62. The second-order valence-electron chi connectivity index (χ2n) is 7.98. The van der Waals surface area contributed by atoms with E-state index in [0.29, 0.717) is 10.5 Å². The third-order valence-electron chi connectivity index (χ3n) is 5.81. The minimum absolute atomic E-state index is 0.513. The molecule has 180 valence electrons. The summed E-state index contributed by atoms with van der Waals surface area (Å²) in [7, 11) is 0. The summed E-state index contributed by atoms with van der Waals surface area (Å²) >= 11 is 17.9. The first-order valence-electron chi connectivity index (χ1n) is 11.1. The van der Waals surface area contributed by atoms with Crippen molar-refractivity contribution in [3.63, 3.8) is 0 Å². The van der Waals surface area contributed by atoms with Crippen molar-refractivity contribution in [2.45, 2.75) is 23.3 Å². The van der Waals surface area contributed by atoms with Gasteiger partial charge in [0.05, 0.1) is 29.7 Å². The Morgan fingerprint density at radius 2 is 0.943 bits per heavy atom. The molecule has 0 saturated carbocycles. The minimum Gasteiger partial charge on any atom is -0.145 e. The third kappa shape index (κ3) is 5.64. The Morgan fingerprint density at radius 3 is 1.37 bits per heavy atom. The first kappa shape index (κ1) is 25.8. The van der Waals surface area contributed by atoms with Crippen LogP contribution in [0.3, 0.4) is 0 Å². The number of thioether (sulfide) groups is 9. The van der Waals surface area contributed by atoms with Gasteiger partial charge in [0.15, 0.2) is 0 Å². The monoisotopic (exact) mass is 622 g/mol. The molecule has 0 N–H and O–H groups in total. The molecule has 4 heterocycles. The van der Waals surface area contributed by atoms with Crippen molar-refractivity contribution in [3.05, 3.63) is 107 Å². The molecule has 0 bridgehead atoms. The van der Waals surface area contributed by atoms with Gasteiger partial charge in [0.2, 0.25) is 0 Å². The molecule has 0 nitrogen and oxygen atoms in total. The normalized spacial score (nSPS) is 24.7. The molecular weight excluding hydrogens is 601 g/mol. The van der Waals surface area contributed by atoms with E-state index in [-0.39, 0.29) is 0 Å². The second kappa shape index (κ2) is 11.7. The largest absolute Gasteiger partial charge is 0.145 e. The van der Waals surface area contributed by atoms with E-state index in [0.717, 1.165) is 12.8 Å². The molecule has 0 aromatic heterocycles.